The van der Waals surface area contributed by atoms with E-state index in [1.807, 2.05) is 0 Å². The van der Waals surface area contributed by atoms with Gasteiger partial charge in [0.1, 0.15) is 0 Å². The number of benzene rings is 1. The van der Waals surface area contributed by atoms with Crippen molar-refractivity contribution in [1.29, 1.82) is 0 Å². The predicted molar refractivity (Wildman–Crippen MR) is 58.8 cm³/mol. The molecule has 0 aromatic heterocycles. The van der Waals surface area contributed by atoms with Crippen LogP contribution in [0.2, 0.25) is 0 Å². The van der Waals surface area contributed by atoms with Crippen molar-refractivity contribution in [1.82, 2.24) is 0 Å². The monoisotopic (exact) mass is 237 g/mol. The maximum Gasteiger partial charge on any atom is 0.337 e. The summed E-state index contributed by atoms with van der Waals surface area (Å²) < 4.78 is 9.06. The van der Waals surface area contributed by atoms with Crippen LogP contribution < -0.4 is 5.32 Å². The topological polar surface area (TPSA) is 81.7 Å². The van der Waals surface area contributed by atoms with Gasteiger partial charge in [0.15, 0.2) is 0 Å². The highest BCUT2D eigenvalue weighted by molar-refractivity contribution is 5.97. The Morgan fingerprint density at radius 2 is 1.53 bits per heavy atom. The van der Waals surface area contributed by atoms with E-state index in [-0.39, 0.29) is 11.1 Å². The van der Waals surface area contributed by atoms with Crippen molar-refractivity contribution in [2.45, 2.75) is 0 Å². The van der Waals surface area contributed by atoms with Gasteiger partial charge in [0.05, 0.1) is 25.3 Å². The average Bonchev–Trinajstić information content (AvgIpc) is 2.36. The fourth-order valence-electron chi connectivity index (χ4n) is 1.25. The molecule has 0 bridgehead atoms. The lowest BCUT2D eigenvalue weighted by atomic mass is 10.1. The highest BCUT2D eigenvalue weighted by atomic mass is 16.5. The molecule has 1 amide bonds. The van der Waals surface area contributed by atoms with E-state index in [4.69, 9.17) is 0 Å². The number of ether oxygens (including phenoxy) is 2. The van der Waals surface area contributed by atoms with E-state index in [1.54, 1.807) is 0 Å². The van der Waals surface area contributed by atoms with Gasteiger partial charge >= 0.3 is 11.9 Å². The summed E-state index contributed by atoms with van der Waals surface area (Å²) in [5.41, 5.74) is 0.614. The summed E-state index contributed by atoms with van der Waals surface area (Å²) in [6.45, 7) is 0. The molecule has 0 aliphatic rings. The summed E-state index contributed by atoms with van der Waals surface area (Å²) in [6, 6.07) is 4.12. The Labute approximate surface area is 97.5 Å². The number of hydrogen-bond acceptors (Lipinski definition) is 5. The zero-order valence-corrected chi connectivity index (χ0v) is 9.35. The molecule has 1 rings (SSSR count). The average molecular weight is 237 g/mol. The molecule has 6 heteroatoms. The Kier molecular flexibility index (Phi) is 4.21. The fourth-order valence-corrected chi connectivity index (χ4v) is 1.25. The van der Waals surface area contributed by atoms with Gasteiger partial charge in [0, 0.05) is 5.69 Å². The van der Waals surface area contributed by atoms with Gasteiger partial charge in [-0.05, 0) is 18.2 Å². The first kappa shape index (κ1) is 12.7. The van der Waals surface area contributed by atoms with E-state index in [0.717, 1.165) is 0 Å². The minimum Gasteiger partial charge on any atom is -0.465 e. The molecule has 0 saturated carbocycles. The lowest BCUT2D eigenvalue weighted by Gasteiger charge is -2.06. The number of amides is 1. The smallest absolute Gasteiger partial charge is 0.337 e. The van der Waals surface area contributed by atoms with Gasteiger partial charge in [0.25, 0.3) is 0 Å². The van der Waals surface area contributed by atoms with Gasteiger partial charge in [0.2, 0.25) is 6.41 Å². The second-order valence-electron chi connectivity index (χ2n) is 3.04. The van der Waals surface area contributed by atoms with Gasteiger partial charge in [-0.15, -0.1) is 0 Å². The zero-order valence-electron chi connectivity index (χ0n) is 9.35. The molecule has 0 unspecified atom stereocenters. The molecule has 0 fully saturated rings. The molecule has 0 radical (unpaired) electrons. The first-order chi connectivity index (χ1) is 8.12. The van der Waals surface area contributed by atoms with Crippen LogP contribution in [0.1, 0.15) is 20.7 Å². The van der Waals surface area contributed by atoms with Crippen molar-refractivity contribution in [3.63, 3.8) is 0 Å². The number of methoxy groups -OCH3 is 2. The van der Waals surface area contributed by atoms with Gasteiger partial charge in [-0.2, -0.15) is 0 Å². The zero-order chi connectivity index (χ0) is 12.8. The molecule has 1 aromatic carbocycles. The highest BCUT2D eigenvalue weighted by Crippen LogP contribution is 2.16. The number of esters is 2. The molecule has 17 heavy (non-hydrogen) atoms. The predicted octanol–water partition coefficient (Wildman–Crippen LogP) is 0.828. The maximum absolute atomic E-state index is 11.3. The van der Waals surface area contributed by atoms with Gasteiger partial charge in [-0.1, -0.05) is 0 Å². The van der Waals surface area contributed by atoms with Crippen LogP contribution in [-0.4, -0.2) is 32.6 Å². The van der Waals surface area contributed by atoms with Crippen molar-refractivity contribution in [2.75, 3.05) is 19.5 Å². The van der Waals surface area contributed by atoms with Crippen molar-refractivity contribution < 1.29 is 23.9 Å². The van der Waals surface area contributed by atoms with Crippen LogP contribution in [0.15, 0.2) is 18.2 Å². The Balaban J connectivity index is 3.22. The molecule has 0 saturated heterocycles. The lowest BCUT2D eigenvalue weighted by molar-refractivity contribution is -0.105. The minimum absolute atomic E-state index is 0.153. The quantitative estimate of drug-likeness (QED) is 0.619. The molecular formula is C11H11NO5. The van der Waals surface area contributed by atoms with Crippen molar-refractivity contribution in [2.24, 2.45) is 0 Å². The summed E-state index contributed by atoms with van der Waals surface area (Å²) in [4.78, 5) is 33.0. The van der Waals surface area contributed by atoms with Crippen LogP contribution in [0.25, 0.3) is 0 Å². The Bertz CT molecular complexity index is 421. The van der Waals surface area contributed by atoms with Crippen LogP contribution in [0.5, 0.6) is 0 Å². The summed E-state index contributed by atoms with van der Waals surface area (Å²) in [5.74, 6) is -1.21. The lowest BCUT2D eigenvalue weighted by Crippen LogP contribution is -2.08. The molecule has 0 heterocycles. The number of rotatable bonds is 4. The molecule has 1 N–H and O–H groups in total. The highest BCUT2D eigenvalue weighted by Gasteiger charge is 2.13. The first-order valence-electron chi connectivity index (χ1n) is 4.64. The Morgan fingerprint density at radius 3 is 1.88 bits per heavy atom. The first-order valence-corrected chi connectivity index (χ1v) is 4.64. The van der Waals surface area contributed by atoms with Gasteiger partial charge in [-0.25, -0.2) is 9.59 Å². The minimum atomic E-state index is -0.607. The molecular weight excluding hydrogens is 226 g/mol. The third-order valence-corrected chi connectivity index (χ3v) is 2.00. The Hall–Kier alpha value is -2.37. The van der Waals surface area contributed by atoms with E-state index in [9.17, 15) is 14.4 Å². The van der Waals surface area contributed by atoms with E-state index in [1.165, 1.54) is 32.4 Å². The number of nitrogens with one attached hydrogen (secondary N) is 1. The molecule has 0 atom stereocenters. The summed E-state index contributed by atoms with van der Waals surface area (Å²) in [5, 5.41) is 2.35. The normalized spacial score (nSPS) is 9.29. The summed E-state index contributed by atoms with van der Waals surface area (Å²) in [6.07, 6.45) is 0.442. The van der Waals surface area contributed by atoms with Crippen LogP contribution in [0.3, 0.4) is 0 Å². The SMILES string of the molecule is COC(=O)c1cc(NC=O)cc(C(=O)OC)c1. The number of carbonyl (C=O) groups is 3. The Morgan fingerprint density at radius 1 is 1.06 bits per heavy atom. The van der Waals surface area contributed by atoms with E-state index in [0.29, 0.717) is 12.1 Å². The molecule has 6 nitrogen and oxygen atoms in total. The number of hydrogen-bond donors (Lipinski definition) is 1. The van der Waals surface area contributed by atoms with Crippen LogP contribution in [0, 0.1) is 0 Å². The van der Waals surface area contributed by atoms with Crippen LogP contribution in [-0.2, 0) is 14.3 Å². The van der Waals surface area contributed by atoms with E-state index < -0.39 is 11.9 Å². The third kappa shape index (κ3) is 3.04. The standard InChI is InChI=1S/C11H11NO5/c1-16-10(14)7-3-8(11(15)17-2)5-9(4-7)12-6-13/h3-6H,1-2H3,(H,12,13). The molecule has 0 aliphatic carbocycles. The number of carbonyl (C=O) groups excluding carboxylic acids is 3. The molecule has 0 spiro atoms. The third-order valence-electron chi connectivity index (χ3n) is 2.00. The van der Waals surface area contributed by atoms with Crippen molar-refractivity contribution in [3.05, 3.63) is 29.3 Å². The van der Waals surface area contributed by atoms with Gasteiger partial charge < -0.3 is 14.8 Å². The summed E-state index contributed by atoms with van der Waals surface area (Å²) >= 11 is 0. The van der Waals surface area contributed by atoms with Crippen LogP contribution in [0.4, 0.5) is 5.69 Å². The summed E-state index contributed by atoms with van der Waals surface area (Å²) in [7, 11) is 2.44. The van der Waals surface area contributed by atoms with Crippen molar-refractivity contribution in [3.8, 4) is 0 Å². The van der Waals surface area contributed by atoms with Crippen LogP contribution >= 0.6 is 0 Å². The fraction of sp³-hybridized carbons (Fsp3) is 0.182. The second-order valence-corrected chi connectivity index (χ2v) is 3.04. The van der Waals surface area contributed by atoms with E-state index >= 15 is 0 Å². The number of anilines is 1. The molecule has 0 aliphatic heterocycles. The van der Waals surface area contributed by atoms with Crippen molar-refractivity contribution >= 4 is 24.0 Å². The maximum atomic E-state index is 11.3. The van der Waals surface area contributed by atoms with Gasteiger partial charge in [-0.3, -0.25) is 4.79 Å². The molecule has 90 valence electrons. The molecule has 1 aromatic rings. The van der Waals surface area contributed by atoms with E-state index in [2.05, 4.69) is 14.8 Å². The largest absolute Gasteiger partial charge is 0.465 e. The second kappa shape index (κ2) is 5.64.